The third-order valence-corrected chi connectivity index (χ3v) is 6.31. The van der Waals surface area contributed by atoms with Crippen molar-refractivity contribution < 1.29 is 17.6 Å². The summed E-state index contributed by atoms with van der Waals surface area (Å²) in [5.41, 5.74) is 0.393. The number of anilines is 1. The third-order valence-electron chi connectivity index (χ3n) is 4.01. The van der Waals surface area contributed by atoms with E-state index in [9.17, 15) is 17.6 Å². The van der Waals surface area contributed by atoms with Crippen molar-refractivity contribution in [2.75, 3.05) is 19.4 Å². The van der Waals surface area contributed by atoms with E-state index in [1.54, 1.807) is 6.92 Å². The second kappa shape index (κ2) is 7.85. The number of nitrogens with zero attached hydrogens (tertiary/aromatic N) is 5. The number of carbonyl (C=O) groups is 1. The van der Waals surface area contributed by atoms with Crippen LogP contribution in [0, 0.1) is 12.7 Å². The number of sulfonamides is 1. The second-order valence-corrected chi connectivity index (χ2v) is 8.72. The summed E-state index contributed by atoms with van der Waals surface area (Å²) in [5.74, 6) is -0.810. The minimum absolute atomic E-state index is 0.00604. The highest BCUT2D eigenvalue weighted by molar-refractivity contribution is 7.89. The molecule has 152 valence electrons. The molecule has 2 aromatic carbocycles. The van der Waals surface area contributed by atoms with E-state index in [1.807, 2.05) is 0 Å². The molecule has 0 aliphatic carbocycles. The number of benzene rings is 2. The topological polar surface area (TPSA) is 110 Å². The lowest BCUT2D eigenvalue weighted by Crippen LogP contribution is -2.23. The van der Waals surface area contributed by atoms with E-state index in [4.69, 9.17) is 11.6 Å². The lowest BCUT2D eigenvalue weighted by molar-refractivity contribution is 0.102. The molecule has 0 bridgehead atoms. The van der Waals surface area contributed by atoms with Gasteiger partial charge in [-0.1, -0.05) is 11.6 Å². The number of halogens is 2. The van der Waals surface area contributed by atoms with Crippen LogP contribution in [-0.2, 0) is 10.0 Å². The first kappa shape index (κ1) is 20.8. The first-order chi connectivity index (χ1) is 13.6. The van der Waals surface area contributed by atoms with Crippen molar-refractivity contribution in [1.82, 2.24) is 24.5 Å². The van der Waals surface area contributed by atoms with Crippen LogP contribution in [0.25, 0.3) is 5.69 Å². The Morgan fingerprint density at radius 1 is 1.21 bits per heavy atom. The van der Waals surface area contributed by atoms with E-state index >= 15 is 0 Å². The van der Waals surface area contributed by atoms with Crippen LogP contribution in [0.4, 0.5) is 10.1 Å². The number of nitrogens with one attached hydrogen (secondary N) is 1. The van der Waals surface area contributed by atoms with E-state index in [2.05, 4.69) is 20.8 Å². The maximum absolute atomic E-state index is 14.2. The summed E-state index contributed by atoms with van der Waals surface area (Å²) in [6.45, 7) is 1.60. The SMILES string of the molecule is Cc1nnnn1-c1cc(NC(=O)c2ccc(Cl)c(S(=O)(=O)N(C)C)c2)ccc1F. The Morgan fingerprint density at radius 3 is 2.55 bits per heavy atom. The summed E-state index contributed by atoms with van der Waals surface area (Å²) >= 11 is 6.00. The van der Waals surface area contributed by atoms with Gasteiger partial charge >= 0.3 is 0 Å². The third kappa shape index (κ3) is 4.11. The largest absolute Gasteiger partial charge is 0.322 e. The molecule has 0 fully saturated rings. The molecule has 1 aromatic heterocycles. The fourth-order valence-corrected chi connectivity index (χ4v) is 3.84. The van der Waals surface area contributed by atoms with Gasteiger partial charge in [-0.2, -0.15) is 4.68 Å². The Balaban J connectivity index is 1.93. The number of carbonyl (C=O) groups excluding carboxylic acids is 1. The molecule has 1 N–H and O–H groups in total. The molecule has 0 saturated heterocycles. The van der Waals surface area contributed by atoms with Crippen molar-refractivity contribution in [2.24, 2.45) is 0 Å². The van der Waals surface area contributed by atoms with Crippen LogP contribution in [0.3, 0.4) is 0 Å². The van der Waals surface area contributed by atoms with E-state index in [1.165, 1.54) is 49.1 Å². The van der Waals surface area contributed by atoms with Gasteiger partial charge in [0.1, 0.15) is 16.4 Å². The zero-order valence-electron chi connectivity index (χ0n) is 15.6. The molecule has 0 saturated carbocycles. The van der Waals surface area contributed by atoms with E-state index in [0.717, 1.165) is 10.4 Å². The number of amides is 1. The molecule has 9 nitrogen and oxygen atoms in total. The average Bonchev–Trinajstić information content (AvgIpc) is 3.09. The van der Waals surface area contributed by atoms with E-state index < -0.39 is 21.7 Å². The Hall–Kier alpha value is -2.89. The average molecular weight is 439 g/mol. The van der Waals surface area contributed by atoms with Crippen LogP contribution >= 0.6 is 11.6 Å². The van der Waals surface area contributed by atoms with Crippen LogP contribution in [0.2, 0.25) is 5.02 Å². The molecular formula is C17H16ClFN6O3S. The van der Waals surface area contributed by atoms with E-state index in [-0.39, 0.29) is 26.9 Å². The van der Waals surface area contributed by atoms with Gasteiger partial charge in [-0.05, 0) is 53.7 Å². The van der Waals surface area contributed by atoms with Crippen LogP contribution < -0.4 is 5.32 Å². The molecule has 1 heterocycles. The highest BCUT2D eigenvalue weighted by Crippen LogP contribution is 2.26. The summed E-state index contributed by atoms with van der Waals surface area (Å²) in [6, 6.07) is 7.79. The summed E-state index contributed by atoms with van der Waals surface area (Å²) in [6.07, 6.45) is 0. The van der Waals surface area contributed by atoms with Crippen LogP contribution in [0.1, 0.15) is 16.2 Å². The monoisotopic (exact) mass is 438 g/mol. The van der Waals surface area contributed by atoms with Crippen molar-refractivity contribution in [1.29, 1.82) is 0 Å². The standard InChI is InChI=1S/C17H16ClFN6O3S/c1-10-21-22-23-25(10)15-9-12(5-7-14(15)19)20-17(26)11-4-6-13(18)16(8-11)29(27,28)24(2)3/h4-9H,1-3H3,(H,20,26). The quantitative estimate of drug-likeness (QED) is 0.654. The molecule has 3 aromatic rings. The molecule has 0 spiro atoms. The van der Waals surface area contributed by atoms with Gasteiger partial charge in [-0.15, -0.1) is 5.10 Å². The smallest absolute Gasteiger partial charge is 0.255 e. The van der Waals surface area contributed by atoms with Crippen LogP contribution in [0.5, 0.6) is 0 Å². The van der Waals surface area contributed by atoms with Gasteiger partial charge in [0.15, 0.2) is 5.82 Å². The number of tetrazole rings is 1. The van der Waals surface area contributed by atoms with Gasteiger partial charge in [-0.25, -0.2) is 17.1 Å². The molecule has 12 heteroatoms. The van der Waals surface area contributed by atoms with Gasteiger partial charge in [0.2, 0.25) is 10.0 Å². The molecule has 0 atom stereocenters. The van der Waals surface area contributed by atoms with Crippen molar-refractivity contribution in [3.05, 3.63) is 58.6 Å². The number of rotatable bonds is 5. The molecule has 0 aliphatic rings. The minimum Gasteiger partial charge on any atom is -0.322 e. The van der Waals surface area contributed by atoms with Crippen molar-refractivity contribution in [3.8, 4) is 5.69 Å². The van der Waals surface area contributed by atoms with Crippen LogP contribution in [-0.4, -0.2) is 52.9 Å². The highest BCUT2D eigenvalue weighted by atomic mass is 35.5. The highest BCUT2D eigenvalue weighted by Gasteiger charge is 2.22. The summed E-state index contributed by atoms with van der Waals surface area (Å²) in [4.78, 5) is 12.4. The van der Waals surface area contributed by atoms with Crippen LogP contribution in [0.15, 0.2) is 41.3 Å². The second-order valence-electron chi connectivity index (χ2n) is 6.19. The summed E-state index contributed by atoms with van der Waals surface area (Å²) < 4.78 is 41.1. The fourth-order valence-electron chi connectivity index (χ4n) is 2.45. The number of aryl methyl sites for hydroxylation is 1. The van der Waals surface area contributed by atoms with Gasteiger partial charge in [-0.3, -0.25) is 4.79 Å². The molecule has 0 unspecified atom stereocenters. The van der Waals surface area contributed by atoms with Crippen molar-refractivity contribution in [3.63, 3.8) is 0 Å². The first-order valence-corrected chi connectivity index (χ1v) is 10.0. The lowest BCUT2D eigenvalue weighted by atomic mass is 10.2. The first-order valence-electron chi connectivity index (χ1n) is 8.19. The molecule has 29 heavy (non-hydrogen) atoms. The Kier molecular flexibility index (Phi) is 5.64. The Labute approximate surface area is 171 Å². The van der Waals surface area contributed by atoms with Gasteiger partial charge in [0.25, 0.3) is 5.91 Å². The summed E-state index contributed by atoms with van der Waals surface area (Å²) in [5, 5.41) is 13.5. The van der Waals surface area contributed by atoms with Gasteiger partial charge in [0.05, 0.1) is 5.02 Å². The van der Waals surface area contributed by atoms with Gasteiger partial charge < -0.3 is 5.32 Å². The normalized spacial score (nSPS) is 11.7. The molecule has 1 amide bonds. The van der Waals surface area contributed by atoms with Gasteiger partial charge in [0, 0.05) is 25.3 Å². The fraction of sp³-hybridized carbons (Fsp3) is 0.176. The lowest BCUT2D eigenvalue weighted by Gasteiger charge is -2.14. The maximum Gasteiger partial charge on any atom is 0.255 e. The van der Waals surface area contributed by atoms with E-state index in [0.29, 0.717) is 5.82 Å². The zero-order valence-corrected chi connectivity index (χ0v) is 17.2. The predicted molar refractivity (Wildman–Crippen MR) is 104 cm³/mol. The molecule has 0 aliphatic heterocycles. The maximum atomic E-state index is 14.2. The molecule has 3 rings (SSSR count). The number of hydrogen-bond acceptors (Lipinski definition) is 6. The predicted octanol–water partition coefficient (Wildman–Crippen LogP) is 2.27. The number of aromatic nitrogens is 4. The summed E-state index contributed by atoms with van der Waals surface area (Å²) in [7, 11) is -1.12. The van der Waals surface area contributed by atoms with Crippen molar-refractivity contribution in [2.45, 2.75) is 11.8 Å². The minimum atomic E-state index is -3.84. The zero-order chi connectivity index (χ0) is 21.3. The van der Waals surface area contributed by atoms with Crippen molar-refractivity contribution >= 4 is 33.2 Å². The number of hydrogen-bond donors (Lipinski definition) is 1. The molecular weight excluding hydrogens is 423 g/mol. The Morgan fingerprint density at radius 2 is 1.93 bits per heavy atom. The Bertz CT molecular complexity index is 1200. The molecule has 0 radical (unpaired) electrons.